The molecule has 2 aromatic heterocycles. The molecular weight excluding hydrogens is 457 g/mol. The molecule has 3 rings (SSSR count). The van der Waals surface area contributed by atoms with E-state index in [4.69, 9.17) is 15.3 Å². The van der Waals surface area contributed by atoms with Gasteiger partial charge in [-0.15, -0.1) is 0 Å². The van der Waals surface area contributed by atoms with Crippen molar-refractivity contribution in [3.8, 4) is 28.6 Å². The van der Waals surface area contributed by atoms with Crippen LogP contribution >= 0.6 is 0 Å². The lowest BCUT2D eigenvalue weighted by Gasteiger charge is -2.27. The van der Waals surface area contributed by atoms with Gasteiger partial charge >= 0.3 is 6.10 Å². The van der Waals surface area contributed by atoms with E-state index in [1.807, 2.05) is 0 Å². The van der Waals surface area contributed by atoms with Crippen molar-refractivity contribution in [1.82, 2.24) is 14.3 Å². The van der Waals surface area contributed by atoms with E-state index >= 15 is 0 Å². The van der Waals surface area contributed by atoms with Crippen LogP contribution in [-0.2, 0) is 16.9 Å². The second-order valence-electron chi connectivity index (χ2n) is 6.43. The third-order valence-electron chi connectivity index (χ3n) is 4.14. The average molecular weight is 473 g/mol. The van der Waals surface area contributed by atoms with Gasteiger partial charge in [0.15, 0.2) is 21.6 Å². The summed E-state index contributed by atoms with van der Waals surface area (Å²) < 4.78 is 28.2. The quantitative estimate of drug-likeness (QED) is 0.175. The molecule has 0 spiro atoms. The first-order valence-electron chi connectivity index (χ1n) is 8.41. The number of aromatic nitrogens is 2. The zero-order valence-electron chi connectivity index (χ0n) is 15.6. The smallest absolute Gasteiger partial charge is 0.347 e. The summed E-state index contributed by atoms with van der Waals surface area (Å²) >= 11 is 0. The molecular formula is C17H16FN3O10S. The highest BCUT2D eigenvalue weighted by Crippen LogP contribution is 2.37. The highest BCUT2D eigenvalue weighted by atomic mass is 32.2. The fourth-order valence-corrected chi connectivity index (χ4v) is 3.97. The van der Waals surface area contributed by atoms with E-state index in [1.54, 1.807) is 4.98 Å². The summed E-state index contributed by atoms with van der Waals surface area (Å²) in [5.74, 6) is -7.92. The van der Waals surface area contributed by atoms with Crippen LogP contribution < -0.4 is 10.9 Å². The predicted octanol–water partition coefficient (Wildman–Crippen LogP) is -2.06. The van der Waals surface area contributed by atoms with E-state index < -0.39 is 62.2 Å². The van der Waals surface area contributed by atoms with Gasteiger partial charge in [-0.25, -0.2) is 8.60 Å². The Morgan fingerprint density at radius 3 is 2.25 bits per heavy atom. The van der Waals surface area contributed by atoms with Gasteiger partial charge in [-0.1, -0.05) is 12.1 Å². The van der Waals surface area contributed by atoms with Crippen LogP contribution in [0.4, 0.5) is 4.39 Å². The number of rotatable bonds is 6. The molecule has 0 saturated carbocycles. The molecule has 0 radical (unpaired) electrons. The van der Waals surface area contributed by atoms with E-state index in [2.05, 4.69) is 0 Å². The van der Waals surface area contributed by atoms with E-state index in [1.165, 1.54) is 23.5 Å². The Morgan fingerprint density at radius 1 is 1.03 bits per heavy atom. The number of hydrogen-bond acceptors (Lipinski definition) is 11. The molecule has 0 fully saturated rings. The molecule has 2 heterocycles. The van der Waals surface area contributed by atoms with Crippen LogP contribution in [0.3, 0.4) is 0 Å². The zero-order valence-corrected chi connectivity index (χ0v) is 16.4. The van der Waals surface area contributed by atoms with Gasteiger partial charge in [-0.2, -0.15) is 5.32 Å². The predicted molar refractivity (Wildman–Crippen MR) is 102 cm³/mol. The van der Waals surface area contributed by atoms with Gasteiger partial charge < -0.3 is 40.9 Å². The van der Waals surface area contributed by atoms with Crippen LogP contribution in [0.15, 0.2) is 46.2 Å². The molecule has 10 N–H and O–H groups in total. The Bertz CT molecular complexity index is 1260. The van der Waals surface area contributed by atoms with Crippen molar-refractivity contribution in [3.63, 3.8) is 0 Å². The zero-order chi connectivity index (χ0) is 24.0. The third kappa shape index (κ3) is 4.34. The van der Waals surface area contributed by atoms with Crippen LogP contribution in [0.1, 0.15) is 5.56 Å². The van der Waals surface area contributed by atoms with Crippen LogP contribution in [0.25, 0.3) is 11.3 Å². The molecule has 0 amide bonds. The number of halogens is 1. The van der Waals surface area contributed by atoms with Gasteiger partial charge in [-0.3, -0.25) is 13.8 Å². The summed E-state index contributed by atoms with van der Waals surface area (Å²) in [5.41, 5.74) is -2.63. The number of benzene rings is 1. The second-order valence-corrected chi connectivity index (χ2v) is 7.73. The Morgan fingerprint density at radius 2 is 1.66 bits per heavy atom. The molecule has 3 aromatic rings. The maximum atomic E-state index is 14.4. The van der Waals surface area contributed by atoms with Crippen molar-refractivity contribution in [2.45, 2.75) is 16.9 Å². The summed E-state index contributed by atoms with van der Waals surface area (Å²) in [6.45, 7) is 0. The Labute approximate surface area is 179 Å². The third-order valence-corrected chi connectivity index (χ3v) is 5.53. The highest BCUT2D eigenvalue weighted by Gasteiger charge is 2.38. The second kappa shape index (κ2) is 7.99. The van der Waals surface area contributed by atoms with Gasteiger partial charge in [0.2, 0.25) is 11.6 Å². The maximum absolute atomic E-state index is 14.4. The molecule has 1 atom stereocenters. The molecule has 172 valence electrons. The fraction of sp³-hybridized carbons (Fsp3) is 0.118. The van der Waals surface area contributed by atoms with E-state index in [9.17, 15) is 38.9 Å². The molecule has 0 aliphatic carbocycles. The SMILES string of the molecule is O=c1[nH]c(O)c(S(=O)n2cc(C(O)(O)NC(O)(O)O)cc2-c2ccccc2F)c(O)c1O. The Hall–Kier alpha value is -3.31. The van der Waals surface area contributed by atoms with Crippen LogP contribution in [0.5, 0.6) is 17.4 Å². The van der Waals surface area contributed by atoms with Gasteiger partial charge in [0.25, 0.3) is 11.5 Å². The van der Waals surface area contributed by atoms with Gasteiger partial charge in [0.1, 0.15) is 5.82 Å². The van der Waals surface area contributed by atoms with E-state index in [-0.39, 0.29) is 11.3 Å². The lowest BCUT2D eigenvalue weighted by Crippen LogP contribution is -2.56. The summed E-state index contributed by atoms with van der Waals surface area (Å²) in [4.78, 5) is 12.3. The summed E-state index contributed by atoms with van der Waals surface area (Å²) in [6, 6.07) is 5.74. The molecule has 1 unspecified atom stereocenters. The van der Waals surface area contributed by atoms with Crippen molar-refractivity contribution in [3.05, 3.63) is 58.3 Å². The topological polar surface area (TPSA) is 229 Å². The standard InChI is InChI=1S/C17H16FN3O10S/c18-9-4-2-1-3-8(9)10-5-7(16(26,27)20-17(28,29)30)6-21(10)32(31)13-11(22)12(23)14(24)19-15(13)25/h1-6,20,23,26-30H,(H3,19,22,24,25). The molecule has 1 aromatic carbocycles. The van der Waals surface area contributed by atoms with Crippen molar-refractivity contribution in [2.75, 3.05) is 0 Å². The number of pyridine rings is 1. The van der Waals surface area contributed by atoms with Crippen molar-refractivity contribution in [2.24, 2.45) is 0 Å². The van der Waals surface area contributed by atoms with Crippen molar-refractivity contribution < 1.29 is 49.5 Å². The summed E-state index contributed by atoms with van der Waals surface area (Å²) in [7, 11) is -2.76. The van der Waals surface area contributed by atoms with Crippen LogP contribution in [-0.4, -0.2) is 60.1 Å². The Balaban J connectivity index is 2.27. The van der Waals surface area contributed by atoms with Gasteiger partial charge in [-0.05, 0) is 18.2 Å². The lowest BCUT2D eigenvalue weighted by atomic mass is 10.1. The molecule has 0 bridgehead atoms. The number of nitrogens with one attached hydrogen (secondary N) is 2. The van der Waals surface area contributed by atoms with Crippen molar-refractivity contribution >= 4 is 11.0 Å². The molecule has 13 nitrogen and oxygen atoms in total. The average Bonchev–Trinajstić information content (AvgIpc) is 3.11. The first kappa shape index (κ1) is 23.4. The van der Waals surface area contributed by atoms with E-state index in [0.29, 0.717) is 10.2 Å². The first-order chi connectivity index (χ1) is 14.7. The summed E-state index contributed by atoms with van der Waals surface area (Å²) in [6.07, 6.45) is -3.10. The molecule has 0 aliphatic rings. The monoisotopic (exact) mass is 473 g/mol. The minimum Gasteiger partial charge on any atom is -0.503 e. The maximum Gasteiger partial charge on any atom is 0.347 e. The highest BCUT2D eigenvalue weighted by molar-refractivity contribution is 7.83. The number of aromatic hydroxyl groups is 3. The number of hydrogen-bond donors (Lipinski definition) is 10. The first-order valence-corrected chi connectivity index (χ1v) is 9.52. The molecule has 0 aliphatic heterocycles. The number of aromatic amines is 1. The minimum absolute atomic E-state index is 0.265. The summed E-state index contributed by atoms with van der Waals surface area (Å²) in [5, 5.41) is 78.0. The lowest BCUT2D eigenvalue weighted by molar-refractivity contribution is -0.382. The number of H-pyrrole nitrogens is 1. The largest absolute Gasteiger partial charge is 0.503 e. The Kier molecular flexibility index (Phi) is 5.83. The molecule has 32 heavy (non-hydrogen) atoms. The van der Waals surface area contributed by atoms with Crippen LogP contribution in [0, 0.1) is 5.82 Å². The van der Waals surface area contributed by atoms with E-state index in [0.717, 1.165) is 12.1 Å². The number of nitrogens with zero attached hydrogens (tertiary/aromatic N) is 1. The van der Waals surface area contributed by atoms with Crippen molar-refractivity contribution in [1.29, 1.82) is 0 Å². The fourth-order valence-electron chi connectivity index (χ4n) is 2.76. The molecule has 0 saturated heterocycles. The normalized spacial score (nSPS) is 13.3. The minimum atomic E-state index is -3.77. The number of aliphatic hydroxyl groups is 5. The van der Waals surface area contributed by atoms with Gasteiger partial charge in [0.05, 0.1) is 5.69 Å². The van der Waals surface area contributed by atoms with Gasteiger partial charge in [0, 0.05) is 17.3 Å². The van der Waals surface area contributed by atoms with Crippen LogP contribution in [0.2, 0.25) is 0 Å². The molecule has 15 heteroatoms.